The van der Waals surface area contributed by atoms with Gasteiger partial charge in [-0.25, -0.2) is 0 Å². The Morgan fingerprint density at radius 3 is 2.55 bits per heavy atom. The highest BCUT2D eigenvalue weighted by Gasteiger charge is 2.11. The number of rotatable bonds is 6. The lowest BCUT2D eigenvalue weighted by Gasteiger charge is -2.20. The molecule has 1 amide bonds. The van der Waals surface area contributed by atoms with Gasteiger partial charge in [0.05, 0.1) is 6.54 Å². The monoisotopic (exact) mass is 278 g/mol. The van der Waals surface area contributed by atoms with E-state index in [-0.39, 0.29) is 24.4 Å². The second-order valence-electron chi connectivity index (χ2n) is 5.75. The SMILES string of the molecule is CC(C)(C)NCC(=O)Nc1cccc(CCC(=O)O)c1. The van der Waals surface area contributed by atoms with Gasteiger partial charge in [-0.3, -0.25) is 9.59 Å². The largest absolute Gasteiger partial charge is 0.481 e. The van der Waals surface area contributed by atoms with E-state index in [4.69, 9.17) is 5.11 Å². The number of hydrogen-bond acceptors (Lipinski definition) is 3. The Kier molecular flexibility index (Phi) is 5.70. The van der Waals surface area contributed by atoms with E-state index >= 15 is 0 Å². The van der Waals surface area contributed by atoms with Crippen LogP contribution >= 0.6 is 0 Å². The smallest absolute Gasteiger partial charge is 0.303 e. The van der Waals surface area contributed by atoms with Crippen LogP contribution in [0.2, 0.25) is 0 Å². The number of aryl methyl sites for hydroxylation is 1. The maximum atomic E-state index is 11.8. The summed E-state index contributed by atoms with van der Waals surface area (Å²) in [4.78, 5) is 22.3. The molecular formula is C15H22N2O3. The molecule has 0 unspecified atom stereocenters. The summed E-state index contributed by atoms with van der Waals surface area (Å²) in [5.41, 5.74) is 1.48. The van der Waals surface area contributed by atoms with Crippen LogP contribution in [0.5, 0.6) is 0 Å². The predicted octanol–water partition coefficient (Wildman–Crippen LogP) is 2.03. The van der Waals surface area contributed by atoms with Crippen LogP contribution in [-0.2, 0) is 16.0 Å². The van der Waals surface area contributed by atoms with E-state index in [0.29, 0.717) is 12.1 Å². The van der Waals surface area contributed by atoms with Crippen LogP contribution in [0.4, 0.5) is 5.69 Å². The summed E-state index contributed by atoms with van der Waals surface area (Å²) in [5, 5.41) is 14.6. The maximum absolute atomic E-state index is 11.8. The van der Waals surface area contributed by atoms with Crippen LogP contribution in [0.15, 0.2) is 24.3 Å². The Hall–Kier alpha value is -1.88. The van der Waals surface area contributed by atoms with Crippen molar-refractivity contribution >= 4 is 17.6 Å². The summed E-state index contributed by atoms with van der Waals surface area (Å²) in [6.07, 6.45) is 0.544. The van der Waals surface area contributed by atoms with Crippen molar-refractivity contribution in [2.75, 3.05) is 11.9 Å². The molecule has 110 valence electrons. The van der Waals surface area contributed by atoms with Gasteiger partial charge < -0.3 is 15.7 Å². The Bertz CT molecular complexity index is 478. The van der Waals surface area contributed by atoms with E-state index in [1.807, 2.05) is 32.9 Å². The molecule has 0 atom stereocenters. The van der Waals surface area contributed by atoms with Crippen LogP contribution < -0.4 is 10.6 Å². The van der Waals surface area contributed by atoms with Crippen molar-refractivity contribution in [1.82, 2.24) is 5.32 Å². The lowest BCUT2D eigenvalue weighted by atomic mass is 10.1. The predicted molar refractivity (Wildman–Crippen MR) is 78.8 cm³/mol. The molecule has 0 saturated heterocycles. The molecule has 0 heterocycles. The van der Waals surface area contributed by atoms with E-state index in [2.05, 4.69) is 10.6 Å². The molecule has 1 rings (SSSR count). The molecule has 0 spiro atoms. The van der Waals surface area contributed by atoms with Crippen molar-refractivity contribution in [2.45, 2.75) is 39.2 Å². The fourth-order valence-electron chi connectivity index (χ4n) is 1.61. The quantitative estimate of drug-likeness (QED) is 0.744. The lowest BCUT2D eigenvalue weighted by molar-refractivity contribution is -0.137. The fourth-order valence-corrected chi connectivity index (χ4v) is 1.61. The first-order valence-corrected chi connectivity index (χ1v) is 6.62. The highest BCUT2D eigenvalue weighted by Crippen LogP contribution is 2.12. The number of amides is 1. The Morgan fingerprint density at radius 2 is 1.95 bits per heavy atom. The minimum absolute atomic E-state index is 0.0863. The number of carboxylic acid groups (broad SMARTS) is 1. The summed E-state index contributed by atoms with van der Waals surface area (Å²) < 4.78 is 0. The zero-order valence-electron chi connectivity index (χ0n) is 12.2. The number of carbonyl (C=O) groups excluding carboxylic acids is 1. The molecular weight excluding hydrogens is 256 g/mol. The fraction of sp³-hybridized carbons (Fsp3) is 0.467. The van der Waals surface area contributed by atoms with Crippen LogP contribution in [0, 0.1) is 0 Å². The van der Waals surface area contributed by atoms with Gasteiger partial charge in [0.2, 0.25) is 5.91 Å². The molecule has 0 bridgehead atoms. The van der Waals surface area contributed by atoms with Gasteiger partial charge in [-0.05, 0) is 44.9 Å². The van der Waals surface area contributed by atoms with E-state index < -0.39 is 5.97 Å². The number of aliphatic carboxylic acids is 1. The van der Waals surface area contributed by atoms with Crippen molar-refractivity contribution in [1.29, 1.82) is 0 Å². The number of nitrogens with one attached hydrogen (secondary N) is 2. The minimum atomic E-state index is -0.825. The normalized spacial score (nSPS) is 11.2. The number of hydrogen-bond donors (Lipinski definition) is 3. The van der Waals surface area contributed by atoms with Crippen molar-refractivity contribution in [2.24, 2.45) is 0 Å². The second kappa shape index (κ2) is 7.05. The topological polar surface area (TPSA) is 78.4 Å². The molecule has 5 heteroatoms. The van der Waals surface area contributed by atoms with Crippen molar-refractivity contribution in [3.05, 3.63) is 29.8 Å². The van der Waals surface area contributed by atoms with E-state index in [1.165, 1.54) is 0 Å². The van der Waals surface area contributed by atoms with Gasteiger partial charge in [-0.15, -0.1) is 0 Å². The first kappa shape index (κ1) is 16.2. The van der Waals surface area contributed by atoms with Gasteiger partial charge in [-0.2, -0.15) is 0 Å². The summed E-state index contributed by atoms with van der Waals surface area (Å²) in [6, 6.07) is 7.26. The molecule has 0 aliphatic rings. The summed E-state index contributed by atoms with van der Waals surface area (Å²) in [6.45, 7) is 6.22. The molecule has 5 nitrogen and oxygen atoms in total. The molecule has 0 radical (unpaired) electrons. The molecule has 0 aromatic heterocycles. The molecule has 1 aromatic rings. The summed E-state index contributed by atoms with van der Waals surface area (Å²) in [5.74, 6) is -0.941. The van der Waals surface area contributed by atoms with Gasteiger partial charge in [0, 0.05) is 17.6 Å². The third-order valence-electron chi connectivity index (χ3n) is 2.62. The van der Waals surface area contributed by atoms with Crippen LogP contribution in [-0.4, -0.2) is 29.1 Å². The van der Waals surface area contributed by atoms with Crippen LogP contribution in [0.1, 0.15) is 32.8 Å². The number of carboxylic acids is 1. The molecule has 0 aliphatic heterocycles. The molecule has 20 heavy (non-hydrogen) atoms. The summed E-state index contributed by atoms with van der Waals surface area (Å²) in [7, 11) is 0. The first-order valence-electron chi connectivity index (χ1n) is 6.62. The minimum Gasteiger partial charge on any atom is -0.481 e. The maximum Gasteiger partial charge on any atom is 0.303 e. The molecule has 0 aliphatic carbocycles. The standard InChI is InChI=1S/C15H22N2O3/c1-15(2,3)16-10-13(18)17-12-6-4-5-11(9-12)7-8-14(19)20/h4-6,9,16H,7-8,10H2,1-3H3,(H,17,18)(H,19,20). The van der Waals surface area contributed by atoms with Crippen molar-refractivity contribution in [3.8, 4) is 0 Å². The zero-order chi connectivity index (χ0) is 15.2. The first-order chi connectivity index (χ1) is 9.26. The number of benzene rings is 1. The van der Waals surface area contributed by atoms with Gasteiger partial charge in [0.25, 0.3) is 0 Å². The highest BCUT2D eigenvalue weighted by atomic mass is 16.4. The van der Waals surface area contributed by atoms with Gasteiger partial charge in [0.1, 0.15) is 0 Å². The Morgan fingerprint density at radius 1 is 1.25 bits per heavy atom. The third kappa shape index (κ3) is 6.89. The van der Waals surface area contributed by atoms with Gasteiger partial charge >= 0.3 is 5.97 Å². The van der Waals surface area contributed by atoms with E-state index in [1.54, 1.807) is 12.1 Å². The molecule has 0 fully saturated rings. The van der Waals surface area contributed by atoms with Crippen LogP contribution in [0.25, 0.3) is 0 Å². The van der Waals surface area contributed by atoms with Crippen molar-refractivity contribution < 1.29 is 14.7 Å². The number of anilines is 1. The number of carbonyl (C=O) groups is 2. The van der Waals surface area contributed by atoms with Crippen LogP contribution in [0.3, 0.4) is 0 Å². The lowest BCUT2D eigenvalue weighted by Crippen LogP contribution is -2.41. The van der Waals surface area contributed by atoms with E-state index in [0.717, 1.165) is 5.56 Å². The summed E-state index contributed by atoms with van der Waals surface area (Å²) >= 11 is 0. The van der Waals surface area contributed by atoms with Gasteiger partial charge in [0.15, 0.2) is 0 Å². The molecule has 3 N–H and O–H groups in total. The molecule has 0 saturated carbocycles. The molecule has 1 aromatic carbocycles. The highest BCUT2D eigenvalue weighted by molar-refractivity contribution is 5.92. The third-order valence-corrected chi connectivity index (χ3v) is 2.62. The Labute approximate surface area is 119 Å². The Balaban J connectivity index is 2.53. The zero-order valence-corrected chi connectivity index (χ0v) is 12.2. The average molecular weight is 278 g/mol. The van der Waals surface area contributed by atoms with E-state index in [9.17, 15) is 9.59 Å². The second-order valence-corrected chi connectivity index (χ2v) is 5.75. The van der Waals surface area contributed by atoms with Crippen molar-refractivity contribution in [3.63, 3.8) is 0 Å². The van der Waals surface area contributed by atoms with Gasteiger partial charge in [-0.1, -0.05) is 12.1 Å². The average Bonchev–Trinajstić information content (AvgIpc) is 2.34.